The Hall–Kier alpha value is -2.57. The quantitative estimate of drug-likeness (QED) is 0.652. The predicted octanol–water partition coefficient (Wildman–Crippen LogP) is 2.90. The van der Waals surface area contributed by atoms with E-state index in [0.717, 1.165) is 12.0 Å². The molecule has 0 saturated heterocycles. The SMILES string of the molecule is CCc1ccc(OCCN(C/C=C/C(=O)N(C)C)C(=O)OC(C)(C)C)nc1. The minimum atomic E-state index is -0.600. The van der Waals surface area contributed by atoms with Gasteiger partial charge in [-0.3, -0.25) is 4.79 Å². The number of aryl methyl sites for hydroxylation is 1. The fourth-order valence-corrected chi connectivity index (χ4v) is 1.98. The average molecular weight is 377 g/mol. The summed E-state index contributed by atoms with van der Waals surface area (Å²) in [5.74, 6) is 0.366. The van der Waals surface area contributed by atoms with Crippen LogP contribution in [0.1, 0.15) is 33.3 Å². The molecule has 1 rings (SSSR count). The number of ether oxygens (including phenoxy) is 2. The third-order valence-corrected chi connectivity index (χ3v) is 3.50. The van der Waals surface area contributed by atoms with Crippen LogP contribution < -0.4 is 4.74 Å². The van der Waals surface area contributed by atoms with Crippen molar-refractivity contribution in [2.24, 2.45) is 0 Å². The zero-order valence-corrected chi connectivity index (χ0v) is 17.2. The molecule has 7 nitrogen and oxygen atoms in total. The van der Waals surface area contributed by atoms with Gasteiger partial charge in [0, 0.05) is 39.0 Å². The molecular formula is C20H31N3O4. The molecule has 0 saturated carbocycles. The first kappa shape index (κ1) is 22.5. The fraction of sp³-hybridized carbons (Fsp3) is 0.550. The Morgan fingerprint density at radius 1 is 1.22 bits per heavy atom. The Morgan fingerprint density at radius 3 is 2.44 bits per heavy atom. The summed E-state index contributed by atoms with van der Waals surface area (Å²) >= 11 is 0. The highest BCUT2D eigenvalue weighted by Gasteiger charge is 2.21. The molecule has 0 aromatic carbocycles. The lowest BCUT2D eigenvalue weighted by molar-refractivity contribution is -0.123. The standard InChI is InChI=1S/C20H31N3O4/c1-7-16-10-11-17(21-15-16)26-14-13-23(19(25)27-20(2,3)4)12-8-9-18(24)22(5)6/h8-11,15H,7,12-14H2,1-6H3/b9-8+. The van der Waals surface area contributed by atoms with Crippen LogP contribution in [-0.2, 0) is 16.0 Å². The Balaban J connectivity index is 2.66. The lowest BCUT2D eigenvalue weighted by Crippen LogP contribution is -2.39. The molecule has 1 heterocycles. The third kappa shape index (κ3) is 9.08. The highest BCUT2D eigenvalue weighted by Crippen LogP contribution is 2.11. The van der Waals surface area contributed by atoms with E-state index in [2.05, 4.69) is 11.9 Å². The van der Waals surface area contributed by atoms with Gasteiger partial charge in [-0.25, -0.2) is 9.78 Å². The lowest BCUT2D eigenvalue weighted by atomic mass is 10.2. The van der Waals surface area contributed by atoms with Crippen LogP contribution in [0.4, 0.5) is 4.79 Å². The summed E-state index contributed by atoms with van der Waals surface area (Å²) in [6.07, 6.45) is 5.31. The molecule has 0 atom stereocenters. The molecule has 7 heteroatoms. The molecule has 27 heavy (non-hydrogen) atoms. The van der Waals surface area contributed by atoms with Crippen LogP contribution in [0.3, 0.4) is 0 Å². The number of amides is 2. The molecule has 0 aliphatic carbocycles. The van der Waals surface area contributed by atoms with Gasteiger partial charge in [-0.1, -0.05) is 19.1 Å². The van der Waals surface area contributed by atoms with Crippen LogP contribution in [0.15, 0.2) is 30.5 Å². The Bertz CT molecular complexity index is 634. The van der Waals surface area contributed by atoms with Crippen molar-refractivity contribution in [3.05, 3.63) is 36.0 Å². The Morgan fingerprint density at radius 2 is 1.93 bits per heavy atom. The maximum Gasteiger partial charge on any atom is 0.410 e. The van der Waals surface area contributed by atoms with Crippen molar-refractivity contribution in [2.75, 3.05) is 33.8 Å². The largest absolute Gasteiger partial charge is 0.476 e. The van der Waals surface area contributed by atoms with E-state index >= 15 is 0 Å². The summed E-state index contributed by atoms with van der Waals surface area (Å²) in [5.41, 5.74) is 0.533. The highest BCUT2D eigenvalue weighted by molar-refractivity contribution is 5.87. The Labute approximate surface area is 162 Å². The van der Waals surface area contributed by atoms with E-state index in [1.807, 2.05) is 32.9 Å². The first-order chi connectivity index (χ1) is 12.6. The summed E-state index contributed by atoms with van der Waals surface area (Å²) < 4.78 is 11.0. The number of rotatable bonds is 8. The normalized spacial score (nSPS) is 11.3. The number of carbonyl (C=O) groups excluding carboxylic acids is 2. The third-order valence-electron chi connectivity index (χ3n) is 3.50. The first-order valence-corrected chi connectivity index (χ1v) is 9.06. The molecule has 0 aliphatic heterocycles. The van der Waals surface area contributed by atoms with Crippen molar-refractivity contribution in [1.29, 1.82) is 0 Å². The maximum absolute atomic E-state index is 12.4. The number of pyridine rings is 1. The minimum absolute atomic E-state index is 0.143. The molecule has 0 bridgehead atoms. The summed E-state index contributed by atoms with van der Waals surface area (Å²) in [7, 11) is 3.34. The van der Waals surface area contributed by atoms with Gasteiger partial charge in [-0.2, -0.15) is 0 Å². The van der Waals surface area contributed by atoms with E-state index in [4.69, 9.17) is 9.47 Å². The summed E-state index contributed by atoms with van der Waals surface area (Å²) in [6, 6.07) is 3.77. The molecule has 0 fully saturated rings. The van der Waals surface area contributed by atoms with Gasteiger partial charge in [0.1, 0.15) is 12.2 Å². The van der Waals surface area contributed by atoms with Crippen LogP contribution >= 0.6 is 0 Å². The molecule has 1 aromatic rings. The van der Waals surface area contributed by atoms with Crippen LogP contribution in [-0.4, -0.2) is 66.2 Å². The van der Waals surface area contributed by atoms with Crippen molar-refractivity contribution in [2.45, 2.75) is 39.7 Å². The second kappa shape index (κ2) is 10.5. The van der Waals surface area contributed by atoms with Crippen molar-refractivity contribution < 1.29 is 19.1 Å². The zero-order valence-electron chi connectivity index (χ0n) is 17.2. The maximum atomic E-state index is 12.4. The molecular weight excluding hydrogens is 346 g/mol. The van der Waals surface area contributed by atoms with Crippen molar-refractivity contribution >= 4 is 12.0 Å². The molecule has 2 amide bonds. The minimum Gasteiger partial charge on any atom is -0.476 e. The molecule has 0 unspecified atom stereocenters. The van der Waals surface area contributed by atoms with E-state index < -0.39 is 11.7 Å². The molecule has 0 spiro atoms. The van der Waals surface area contributed by atoms with Gasteiger partial charge in [0.25, 0.3) is 0 Å². The van der Waals surface area contributed by atoms with Crippen LogP contribution in [0, 0.1) is 0 Å². The van der Waals surface area contributed by atoms with Gasteiger partial charge in [-0.15, -0.1) is 0 Å². The first-order valence-electron chi connectivity index (χ1n) is 9.06. The number of hydrogen-bond acceptors (Lipinski definition) is 5. The molecule has 150 valence electrons. The van der Waals surface area contributed by atoms with Gasteiger partial charge in [0.2, 0.25) is 11.8 Å². The smallest absolute Gasteiger partial charge is 0.410 e. The van der Waals surface area contributed by atoms with E-state index in [-0.39, 0.29) is 19.1 Å². The second-order valence-electron chi connectivity index (χ2n) is 7.27. The van der Waals surface area contributed by atoms with E-state index in [9.17, 15) is 9.59 Å². The van der Waals surface area contributed by atoms with Gasteiger partial charge in [0.05, 0.1) is 6.54 Å². The van der Waals surface area contributed by atoms with E-state index in [1.165, 1.54) is 15.9 Å². The monoisotopic (exact) mass is 377 g/mol. The topological polar surface area (TPSA) is 72.0 Å². The summed E-state index contributed by atoms with van der Waals surface area (Å²) in [4.78, 5) is 31.2. The van der Waals surface area contributed by atoms with Crippen LogP contribution in [0.25, 0.3) is 0 Å². The van der Waals surface area contributed by atoms with Gasteiger partial charge < -0.3 is 19.3 Å². The molecule has 0 radical (unpaired) electrons. The number of likely N-dealkylation sites (N-methyl/N-ethyl adjacent to an activating group) is 1. The number of aromatic nitrogens is 1. The molecule has 0 aliphatic rings. The molecule has 0 N–H and O–H groups in total. The highest BCUT2D eigenvalue weighted by atomic mass is 16.6. The van der Waals surface area contributed by atoms with E-state index in [1.54, 1.807) is 26.4 Å². The zero-order chi connectivity index (χ0) is 20.4. The van der Waals surface area contributed by atoms with Crippen molar-refractivity contribution in [3.8, 4) is 5.88 Å². The second-order valence-corrected chi connectivity index (χ2v) is 7.27. The predicted molar refractivity (Wildman–Crippen MR) is 105 cm³/mol. The van der Waals surface area contributed by atoms with Gasteiger partial charge in [-0.05, 0) is 32.8 Å². The van der Waals surface area contributed by atoms with Crippen LogP contribution in [0.2, 0.25) is 0 Å². The lowest BCUT2D eigenvalue weighted by Gasteiger charge is -2.26. The number of hydrogen-bond donors (Lipinski definition) is 0. The number of carbonyl (C=O) groups is 2. The Kier molecular flexibility index (Phi) is 8.78. The van der Waals surface area contributed by atoms with Gasteiger partial charge >= 0.3 is 6.09 Å². The van der Waals surface area contributed by atoms with Crippen molar-refractivity contribution in [1.82, 2.24) is 14.8 Å². The van der Waals surface area contributed by atoms with E-state index in [0.29, 0.717) is 12.4 Å². The van der Waals surface area contributed by atoms with Gasteiger partial charge in [0.15, 0.2) is 0 Å². The summed E-state index contributed by atoms with van der Waals surface area (Å²) in [5, 5.41) is 0. The fourth-order valence-electron chi connectivity index (χ4n) is 1.98. The van der Waals surface area contributed by atoms with Crippen molar-refractivity contribution in [3.63, 3.8) is 0 Å². The molecule has 1 aromatic heterocycles. The summed E-state index contributed by atoms with van der Waals surface area (Å²) in [6.45, 7) is 8.32. The average Bonchev–Trinajstić information content (AvgIpc) is 2.59. The number of nitrogens with zero attached hydrogens (tertiary/aromatic N) is 3. The van der Waals surface area contributed by atoms with Crippen LogP contribution in [0.5, 0.6) is 5.88 Å².